The number of carbonyl (C=O) groups is 2. The molecule has 3 heterocycles. The van der Waals surface area contributed by atoms with E-state index in [9.17, 15) is 19.1 Å². The predicted molar refractivity (Wildman–Crippen MR) is 172 cm³/mol. The van der Waals surface area contributed by atoms with Gasteiger partial charge in [0.15, 0.2) is 5.69 Å². The van der Waals surface area contributed by atoms with Crippen molar-refractivity contribution >= 4 is 58.4 Å². The van der Waals surface area contributed by atoms with Gasteiger partial charge in [-0.05, 0) is 62.2 Å². The van der Waals surface area contributed by atoms with Gasteiger partial charge >= 0.3 is 0 Å². The number of rotatable bonds is 11. The largest absolute Gasteiger partial charge is 0.493 e. The average Bonchev–Trinajstić information content (AvgIpc) is 3.49. The Balaban J connectivity index is 1.08. The number of amides is 2. The number of aromatic nitrogens is 3. The molecule has 0 atom stereocenters. The van der Waals surface area contributed by atoms with Crippen molar-refractivity contribution in [3.8, 4) is 5.88 Å². The number of aromatic amines is 2. The molecule has 2 amide bonds. The molecule has 0 radical (unpaired) electrons. The van der Waals surface area contributed by atoms with Gasteiger partial charge in [-0.1, -0.05) is 18.7 Å². The summed E-state index contributed by atoms with van der Waals surface area (Å²) in [6.45, 7) is 6.85. The number of H-pyrrole nitrogens is 2. The van der Waals surface area contributed by atoms with E-state index in [2.05, 4.69) is 47.7 Å². The van der Waals surface area contributed by atoms with Crippen LogP contribution in [0.25, 0.3) is 23.7 Å². The molecule has 0 aliphatic carbocycles. The van der Waals surface area contributed by atoms with Crippen LogP contribution in [0.4, 0.5) is 27.3 Å². The van der Waals surface area contributed by atoms with E-state index in [1.165, 1.54) is 30.6 Å². The van der Waals surface area contributed by atoms with Crippen molar-refractivity contribution in [2.75, 3.05) is 29.5 Å². The number of azo groups is 1. The van der Waals surface area contributed by atoms with Gasteiger partial charge in [-0.15, -0.1) is 5.11 Å². The lowest BCUT2D eigenvalue weighted by molar-refractivity contribution is 0.0950. The number of nitrogens with zero attached hydrogens (tertiary/aromatic N) is 3. The third-order valence-electron chi connectivity index (χ3n) is 7.04. The van der Waals surface area contributed by atoms with Crippen LogP contribution >= 0.6 is 0 Å². The van der Waals surface area contributed by atoms with Crippen molar-refractivity contribution < 1.29 is 19.1 Å². The predicted octanol–water partition coefficient (Wildman–Crippen LogP) is 4.43. The van der Waals surface area contributed by atoms with Crippen LogP contribution < -0.4 is 32.3 Å². The number of hydrogen-bond donors (Lipinski definition) is 7. The number of unbranched alkanes of at least 4 members (excludes halogenated alkanes) is 1. The normalized spacial score (nSPS) is 11.7. The van der Waals surface area contributed by atoms with Crippen LogP contribution in [0.3, 0.4) is 0 Å². The highest BCUT2D eigenvalue weighted by Gasteiger charge is 2.14. The fraction of sp³-hybridized carbons (Fsp3) is 0.156. The number of para-hydroxylation sites is 2. The Kier molecular flexibility index (Phi) is 9.17. The number of hydrogen-bond acceptors (Lipinski definition) is 8. The molecule has 230 valence electrons. The van der Waals surface area contributed by atoms with Crippen molar-refractivity contribution in [1.82, 2.24) is 20.3 Å². The van der Waals surface area contributed by atoms with Gasteiger partial charge in [0.2, 0.25) is 5.88 Å². The first-order valence-corrected chi connectivity index (χ1v) is 14.1. The van der Waals surface area contributed by atoms with Crippen LogP contribution in [-0.4, -0.2) is 45.0 Å². The van der Waals surface area contributed by atoms with E-state index in [1.54, 1.807) is 43.3 Å². The second-order valence-corrected chi connectivity index (χ2v) is 10.2. The highest BCUT2D eigenvalue weighted by atomic mass is 19.1. The summed E-state index contributed by atoms with van der Waals surface area (Å²) in [7, 11) is 0. The van der Waals surface area contributed by atoms with Crippen molar-refractivity contribution in [3.63, 3.8) is 0 Å². The number of aromatic hydroxyl groups is 1. The average molecular weight is 610 g/mol. The Morgan fingerprint density at radius 2 is 1.89 bits per heavy atom. The van der Waals surface area contributed by atoms with Crippen molar-refractivity contribution in [3.05, 3.63) is 94.0 Å². The Hall–Kier alpha value is -5.98. The summed E-state index contributed by atoms with van der Waals surface area (Å²) in [6, 6.07) is 14.5. The van der Waals surface area contributed by atoms with Crippen molar-refractivity contribution in [1.29, 1.82) is 0 Å². The van der Waals surface area contributed by atoms with E-state index in [4.69, 9.17) is 5.73 Å². The minimum absolute atomic E-state index is 0.104. The lowest BCUT2D eigenvalue weighted by atomic mass is 10.2. The molecule has 8 N–H and O–H groups in total. The van der Waals surface area contributed by atoms with E-state index >= 15 is 0 Å². The number of benzene rings is 2. The molecule has 0 bridgehead atoms. The summed E-state index contributed by atoms with van der Waals surface area (Å²) < 4.78 is 13.7. The lowest BCUT2D eigenvalue weighted by Crippen LogP contribution is -2.32. The zero-order valence-corrected chi connectivity index (χ0v) is 24.4. The van der Waals surface area contributed by atoms with Gasteiger partial charge in [0, 0.05) is 35.6 Å². The Labute approximate surface area is 257 Å². The molecule has 3 aromatic heterocycles. The summed E-state index contributed by atoms with van der Waals surface area (Å²) in [5.74, 6) is -0.633. The molecule has 13 heteroatoms. The number of fused-ring (bicyclic) bond motifs is 1. The van der Waals surface area contributed by atoms with E-state index in [1.807, 2.05) is 0 Å². The molecule has 5 rings (SSSR count). The molecular formula is C32H32FN9O3. The van der Waals surface area contributed by atoms with Crippen molar-refractivity contribution in [2.24, 2.45) is 10.2 Å². The number of nitrogens with two attached hydrogens (primary N) is 1. The maximum Gasteiger partial charge on any atom is 0.257 e. The monoisotopic (exact) mass is 609 g/mol. The van der Waals surface area contributed by atoms with Gasteiger partial charge in [0.05, 0.1) is 39.6 Å². The van der Waals surface area contributed by atoms with Gasteiger partial charge in [-0.25, -0.2) is 9.37 Å². The first-order valence-electron chi connectivity index (χ1n) is 14.1. The molecule has 0 saturated heterocycles. The second-order valence-electron chi connectivity index (χ2n) is 10.2. The van der Waals surface area contributed by atoms with Gasteiger partial charge in [0.1, 0.15) is 11.6 Å². The number of aryl methyl sites for hydroxylation is 1. The standard InChI is InChI=1S/C32H32FN9O3/c1-18-26(17-38-42-29-22-15-21(33)10-11-24(22)40-32(29)45)39-19(2)28(18)31(44)36-14-6-5-13-35-27-12-9-20(16-37-27)30(43)41-25-8-4-3-7-23(25)34/h3-4,7-12,15-17,39-40,45H,1,5-6,13-14,34H2,2H3,(H,35,37)(H,36,44)(H,41,43). The number of nitrogens with one attached hydrogen (secondary N) is 5. The third-order valence-corrected chi connectivity index (χ3v) is 7.04. The smallest absolute Gasteiger partial charge is 0.257 e. The van der Waals surface area contributed by atoms with Crippen LogP contribution in [0.2, 0.25) is 0 Å². The molecule has 0 aliphatic heterocycles. The molecule has 12 nitrogen and oxygen atoms in total. The Morgan fingerprint density at radius 1 is 1.09 bits per heavy atom. The maximum absolute atomic E-state index is 13.7. The minimum Gasteiger partial charge on any atom is -0.493 e. The summed E-state index contributed by atoms with van der Waals surface area (Å²) in [5.41, 5.74) is 8.97. The van der Waals surface area contributed by atoms with Crippen LogP contribution in [0.15, 0.2) is 71.0 Å². The van der Waals surface area contributed by atoms with Crippen LogP contribution in [0.5, 0.6) is 5.88 Å². The molecular weight excluding hydrogens is 577 g/mol. The third kappa shape index (κ3) is 7.16. The first-order chi connectivity index (χ1) is 21.7. The summed E-state index contributed by atoms with van der Waals surface area (Å²) in [5, 5.41) is 28.4. The minimum atomic E-state index is -0.463. The zero-order chi connectivity index (χ0) is 31.9. The van der Waals surface area contributed by atoms with Crippen LogP contribution in [-0.2, 0) is 0 Å². The van der Waals surface area contributed by atoms with Gasteiger partial charge in [-0.2, -0.15) is 5.11 Å². The highest BCUT2D eigenvalue weighted by Crippen LogP contribution is 2.35. The Morgan fingerprint density at radius 3 is 2.67 bits per heavy atom. The molecule has 2 aromatic carbocycles. The van der Waals surface area contributed by atoms with Crippen LogP contribution in [0, 0.1) is 12.7 Å². The fourth-order valence-corrected chi connectivity index (χ4v) is 4.69. The van der Waals surface area contributed by atoms with E-state index in [0.717, 1.165) is 12.8 Å². The highest BCUT2D eigenvalue weighted by molar-refractivity contribution is 6.05. The van der Waals surface area contributed by atoms with E-state index in [-0.39, 0.29) is 23.4 Å². The molecule has 45 heavy (non-hydrogen) atoms. The number of carbonyl (C=O) groups excluding carboxylic acids is 2. The van der Waals surface area contributed by atoms with E-state index in [0.29, 0.717) is 68.6 Å². The topological polar surface area (TPSA) is 186 Å². The van der Waals surface area contributed by atoms with Gasteiger partial charge < -0.3 is 36.8 Å². The maximum atomic E-state index is 13.7. The number of halogens is 1. The molecule has 0 aliphatic rings. The number of pyridine rings is 1. The SMILES string of the molecule is C=c1c(C(=O)NCCCCNc2ccc(C(=O)Nc3ccccc3N)cn2)c(C)[nH]c1=CN=Nc1c(O)[nH]c2ccc(F)cc12. The zero-order valence-electron chi connectivity index (χ0n) is 24.4. The molecule has 0 spiro atoms. The fourth-order valence-electron chi connectivity index (χ4n) is 4.69. The Bertz CT molecular complexity index is 2000. The number of nitrogen functional groups attached to an aromatic ring is 1. The quantitative estimate of drug-likeness (QED) is 0.0659. The number of anilines is 3. The van der Waals surface area contributed by atoms with Crippen LogP contribution in [0.1, 0.15) is 39.3 Å². The van der Waals surface area contributed by atoms with Gasteiger partial charge in [0.25, 0.3) is 11.8 Å². The molecule has 0 unspecified atom stereocenters. The second kappa shape index (κ2) is 13.5. The molecule has 0 fully saturated rings. The molecule has 0 saturated carbocycles. The summed E-state index contributed by atoms with van der Waals surface area (Å²) >= 11 is 0. The van der Waals surface area contributed by atoms with E-state index < -0.39 is 5.82 Å². The first kappa shape index (κ1) is 30.5. The van der Waals surface area contributed by atoms with Gasteiger partial charge in [-0.3, -0.25) is 9.59 Å². The summed E-state index contributed by atoms with van der Waals surface area (Å²) in [4.78, 5) is 35.4. The molecule has 5 aromatic rings. The van der Waals surface area contributed by atoms with Crippen molar-refractivity contribution in [2.45, 2.75) is 19.8 Å². The lowest BCUT2D eigenvalue weighted by Gasteiger charge is -2.09. The summed E-state index contributed by atoms with van der Waals surface area (Å²) in [6.07, 6.45) is 4.37.